The summed E-state index contributed by atoms with van der Waals surface area (Å²) in [4.78, 5) is 13.4. The third-order valence-electron chi connectivity index (χ3n) is 3.32. The predicted octanol–water partition coefficient (Wildman–Crippen LogP) is 3.77. The normalized spacial score (nSPS) is 11.1. The molecule has 0 fully saturated rings. The van der Waals surface area contributed by atoms with E-state index in [1.54, 1.807) is 18.3 Å². The zero-order chi connectivity index (χ0) is 15.6. The molecule has 0 radical (unpaired) electrons. The van der Waals surface area contributed by atoms with Gasteiger partial charge in [-0.3, -0.25) is 4.79 Å². The van der Waals surface area contributed by atoms with Gasteiger partial charge in [-0.05, 0) is 37.1 Å². The maximum atomic E-state index is 13.9. The summed E-state index contributed by atoms with van der Waals surface area (Å²) < 4.78 is 15.0. The average Bonchev–Trinajstić information content (AvgIpc) is 2.92. The number of nitrogens with one attached hydrogen (secondary N) is 1. The highest BCUT2D eigenvalue weighted by molar-refractivity contribution is 7.10. The average molecular weight is 309 g/mol. The SMILES string of the molecule is Cc1nn(C)c(F)c1C(=O)Nc1ccsc1CCC(C)C. The van der Waals surface area contributed by atoms with Crippen molar-refractivity contribution in [1.29, 1.82) is 0 Å². The zero-order valence-electron chi connectivity index (χ0n) is 12.7. The molecule has 0 aliphatic heterocycles. The highest BCUT2D eigenvalue weighted by Gasteiger charge is 2.21. The number of hydrogen-bond donors (Lipinski definition) is 1. The first-order valence-corrected chi connectivity index (χ1v) is 7.85. The third kappa shape index (κ3) is 3.50. The van der Waals surface area contributed by atoms with Crippen LogP contribution in [0.5, 0.6) is 0 Å². The minimum Gasteiger partial charge on any atom is -0.321 e. The predicted molar refractivity (Wildman–Crippen MR) is 83.3 cm³/mol. The second kappa shape index (κ2) is 6.39. The van der Waals surface area contributed by atoms with Gasteiger partial charge in [0, 0.05) is 11.9 Å². The number of carbonyl (C=O) groups is 1. The van der Waals surface area contributed by atoms with Crippen LogP contribution in [0.4, 0.5) is 10.1 Å². The number of aromatic nitrogens is 2. The van der Waals surface area contributed by atoms with Crippen molar-refractivity contribution in [3.8, 4) is 0 Å². The van der Waals surface area contributed by atoms with E-state index in [0.717, 1.165) is 28.1 Å². The van der Waals surface area contributed by atoms with Crippen LogP contribution in [-0.4, -0.2) is 15.7 Å². The van der Waals surface area contributed by atoms with Gasteiger partial charge in [-0.2, -0.15) is 9.49 Å². The molecule has 1 N–H and O–H groups in total. The lowest BCUT2D eigenvalue weighted by atomic mass is 10.1. The lowest BCUT2D eigenvalue weighted by Gasteiger charge is -2.07. The fourth-order valence-electron chi connectivity index (χ4n) is 2.14. The van der Waals surface area contributed by atoms with Crippen molar-refractivity contribution >= 4 is 22.9 Å². The van der Waals surface area contributed by atoms with Crippen LogP contribution in [0.2, 0.25) is 0 Å². The fourth-order valence-corrected chi connectivity index (χ4v) is 2.99. The van der Waals surface area contributed by atoms with E-state index in [4.69, 9.17) is 0 Å². The molecule has 4 nitrogen and oxygen atoms in total. The maximum Gasteiger partial charge on any atom is 0.262 e. The number of rotatable bonds is 5. The molecule has 21 heavy (non-hydrogen) atoms. The highest BCUT2D eigenvalue weighted by Crippen LogP contribution is 2.26. The van der Waals surface area contributed by atoms with Crippen LogP contribution < -0.4 is 5.32 Å². The van der Waals surface area contributed by atoms with Crippen LogP contribution in [-0.2, 0) is 13.5 Å². The first kappa shape index (κ1) is 15.7. The molecular weight excluding hydrogens is 289 g/mol. The van der Waals surface area contributed by atoms with E-state index in [2.05, 4.69) is 24.3 Å². The van der Waals surface area contributed by atoms with E-state index in [9.17, 15) is 9.18 Å². The standard InChI is InChI=1S/C15H20FN3OS/c1-9(2)5-6-12-11(7-8-21-12)17-15(20)13-10(3)18-19(4)14(13)16/h7-9H,5-6H2,1-4H3,(H,17,20). The van der Waals surface area contributed by atoms with Crippen LogP contribution in [0, 0.1) is 18.8 Å². The first-order chi connectivity index (χ1) is 9.90. The van der Waals surface area contributed by atoms with Gasteiger partial charge in [-0.1, -0.05) is 13.8 Å². The summed E-state index contributed by atoms with van der Waals surface area (Å²) in [7, 11) is 1.48. The molecule has 0 saturated carbocycles. The number of halogens is 1. The molecule has 6 heteroatoms. The van der Waals surface area contributed by atoms with Crippen LogP contribution in [0.1, 0.15) is 41.2 Å². The quantitative estimate of drug-likeness (QED) is 0.914. The van der Waals surface area contributed by atoms with Gasteiger partial charge in [0.1, 0.15) is 5.56 Å². The molecule has 0 unspecified atom stereocenters. The van der Waals surface area contributed by atoms with Crippen molar-refractivity contribution in [3.05, 3.63) is 33.5 Å². The summed E-state index contributed by atoms with van der Waals surface area (Å²) in [5.41, 5.74) is 1.18. The number of anilines is 1. The van der Waals surface area contributed by atoms with Gasteiger partial charge >= 0.3 is 0 Å². The van der Waals surface area contributed by atoms with Crippen molar-refractivity contribution < 1.29 is 9.18 Å². The summed E-state index contributed by atoms with van der Waals surface area (Å²) in [5, 5.41) is 8.67. The number of hydrogen-bond acceptors (Lipinski definition) is 3. The monoisotopic (exact) mass is 309 g/mol. The minimum absolute atomic E-state index is 0.0125. The minimum atomic E-state index is -0.607. The molecule has 1 amide bonds. The van der Waals surface area contributed by atoms with Gasteiger partial charge in [-0.25, -0.2) is 4.68 Å². The maximum absolute atomic E-state index is 13.9. The van der Waals surface area contributed by atoms with E-state index in [0.29, 0.717) is 11.6 Å². The summed E-state index contributed by atoms with van der Waals surface area (Å²) in [5.74, 6) is -0.445. The van der Waals surface area contributed by atoms with Crippen LogP contribution in [0.15, 0.2) is 11.4 Å². The molecule has 114 valence electrons. The van der Waals surface area contributed by atoms with Gasteiger partial charge in [0.05, 0.1) is 11.4 Å². The molecule has 2 aromatic heterocycles. The highest BCUT2D eigenvalue weighted by atomic mass is 32.1. The van der Waals surface area contributed by atoms with Crippen LogP contribution in [0.3, 0.4) is 0 Å². The topological polar surface area (TPSA) is 46.9 Å². The number of aryl methyl sites for hydroxylation is 3. The Hall–Kier alpha value is -1.69. The molecule has 0 saturated heterocycles. The Labute approximate surface area is 128 Å². The van der Waals surface area contributed by atoms with E-state index >= 15 is 0 Å². The summed E-state index contributed by atoms with van der Waals surface area (Å²) in [6.07, 6.45) is 1.98. The molecule has 0 bridgehead atoms. The smallest absolute Gasteiger partial charge is 0.262 e. The Bertz CT molecular complexity index is 645. The molecule has 0 atom stereocenters. The van der Waals surface area contributed by atoms with Gasteiger partial charge < -0.3 is 5.32 Å². The Morgan fingerprint density at radius 1 is 1.52 bits per heavy atom. The Morgan fingerprint density at radius 2 is 2.24 bits per heavy atom. The summed E-state index contributed by atoms with van der Waals surface area (Å²) in [6.45, 7) is 5.96. The third-order valence-corrected chi connectivity index (χ3v) is 4.30. The van der Waals surface area contributed by atoms with Crippen molar-refractivity contribution in [1.82, 2.24) is 9.78 Å². The number of amides is 1. The Balaban J connectivity index is 2.15. The molecule has 0 aliphatic carbocycles. The largest absolute Gasteiger partial charge is 0.321 e. The Kier molecular flexibility index (Phi) is 4.77. The lowest BCUT2D eigenvalue weighted by Crippen LogP contribution is -2.15. The second-order valence-corrected chi connectivity index (χ2v) is 6.52. The Morgan fingerprint density at radius 3 is 2.81 bits per heavy atom. The molecule has 2 aromatic rings. The molecule has 2 heterocycles. The van der Waals surface area contributed by atoms with E-state index in [-0.39, 0.29) is 5.56 Å². The molecular formula is C15H20FN3OS. The summed E-state index contributed by atoms with van der Waals surface area (Å²) in [6, 6.07) is 1.86. The fraction of sp³-hybridized carbons (Fsp3) is 0.467. The van der Waals surface area contributed by atoms with Gasteiger partial charge in [0.15, 0.2) is 0 Å². The molecule has 0 spiro atoms. The van der Waals surface area contributed by atoms with Crippen molar-refractivity contribution in [2.45, 2.75) is 33.6 Å². The van der Waals surface area contributed by atoms with Crippen LogP contribution in [0.25, 0.3) is 0 Å². The van der Waals surface area contributed by atoms with Crippen molar-refractivity contribution in [2.75, 3.05) is 5.32 Å². The second-order valence-electron chi connectivity index (χ2n) is 5.52. The number of nitrogens with zero attached hydrogens (tertiary/aromatic N) is 2. The van der Waals surface area contributed by atoms with Gasteiger partial charge in [0.2, 0.25) is 5.95 Å². The molecule has 0 aromatic carbocycles. The molecule has 0 aliphatic rings. The van der Waals surface area contributed by atoms with E-state index < -0.39 is 11.9 Å². The van der Waals surface area contributed by atoms with E-state index in [1.807, 2.05) is 11.4 Å². The first-order valence-electron chi connectivity index (χ1n) is 6.97. The van der Waals surface area contributed by atoms with Crippen molar-refractivity contribution in [3.63, 3.8) is 0 Å². The summed E-state index contributed by atoms with van der Waals surface area (Å²) >= 11 is 1.61. The lowest BCUT2D eigenvalue weighted by molar-refractivity contribution is 0.102. The zero-order valence-corrected chi connectivity index (χ0v) is 13.6. The number of thiophene rings is 1. The van der Waals surface area contributed by atoms with Crippen LogP contribution >= 0.6 is 11.3 Å². The van der Waals surface area contributed by atoms with Gasteiger partial charge in [-0.15, -0.1) is 11.3 Å². The van der Waals surface area contributed by atoms with Gasteiger partial charge in [0.25, 0.3) is 5.91 Å². The number of carbonyl (C=O) groups excluding carboxylic acids is 1. The van der Waals surface area contributed by atoms with Crippen molar-refractivity contribution in [2.24, 2.45) is 13.0 Å². The molecule has 2 rings (SSSR count). The van der Waals surface area contributed by atoms with E-state index in [1.165, 1.54) is 7.05 Å².